The summed E-state index contributed by atoms with van der Waals surface area (Å²) in [6, 6.07) is 8.27. The van der Waals surface area contributed by atoms with Crippen molar-refractivity contribution in [2.45, 2.75) is 32.2 Å². The number of H-pyrrole nitrogens is 1. The van der Waals surface area contributed by atoms with E-state index in [4.69, 9.17) is 0 Å². The van der Waals surface area contributed by atoms with E-state index in [9.17, 15) is 13.6 Å². The number of nitrogens with zero attached hydrogens (tertiary/aromatic N) is 4. The van der Waals surface area contributed by atoms with Gasteiger partial charge in [0.15, 0.2) is 11.6 Å². The van der Waals surface area contributed by atoms with Crippen molar-refractivity contribution < 1.29 is 13.6 Å². The van der Waals surface area contributed by atoms with Crippen LogP contribution in [0.5, 0.6) is 0 Å². The average Bonchev–Trinajstić information content (AvgIpc) is 3.51. The molecule has 0 aliphatic carbocycles. The fourth-order valence-electron chi connectivity index (χ4n) is 4.58. The molecule has 0 atom stereocenters. The van der Waals surface area contributed by atoms with Gasteiger partial charge in [-0.3, -0.25) is 14.9 Å². The van der Waals surface area contributed by atoms with Crippen molar-refractivity contribution in [3.63, 3.8) is 0 Å². The highest BCUT2D eigenvalue weighted by Crippen LogP contribution is 2.26. The molecule has 33 heavy (non-hydrogen) atoms. The second-order valence-electron chi connectivity index (χ2n) is 8.62. The molecule has 1 fully saturated rings. The number of pyridine rings is 1. The van der Waals surface area contributed by atoms with Crippen LogP contribution in [0.3, 0.4) is 0 Å². The first-order valence-electron chi connectivity index (χ1n) is 11.2. The molecule has 170 valence electrons. The van der Waals surface area contributed by atoms with E-state index in [2.05, 4.69) is 38.1 Å². The van der Waals surface area contributed by atoms with Crippen LogP contribution in [0.2, 0.25) is 0 Å². The molecule has 0 bridgehead atoms. The molecule has 8 heteroatoms. The van der Waals surface area contributed by atoms with E-state index >= 15 is 0 Å². The molecule has 1 saturated heterocycles. The van der Waals surface area contributed by atoms with Gasteiger partial charge in [-0.25, -0.2) is 8.78 Å². The molecule has 3 aromatic heterocycles. The number of aromatic amines is 1. The molecule has 0 spiro atoms. The first-order valence-corrected chi connectivity index (χ1v) is 11.2. The summed E-state index contributed by atoms with van der Waals surface area (Å²) in [7, 11) is 0. The minimum absolute atomic E-state index is 0.000462. The second-order valence-corrected chi connectivity index (χ2v) is 8.62. The van der Waals surface area contributed by atoms with Gasteiger partial charge < -0.3 is 9.47 Å². The van der Waals surface area contributed by atoms with E-state index in [1.54, 1.807) is 6.20 Å². The molecule has 6 nitrogen and oxygen atoms in total. The Kier molecular flexibility index (Phi) is 5.90. The number of carbonyl (C=O) groups is 1. The maximum absolute atomic E-state index is 13.8. The van der Waals surface area contributed by atoms with Crippen LogP contribution in [0.25, 0.3) is 22.2 Å². The van der Waals surface area contributed by atoms with E-state index in [0.717, 1.165) is 47.6 Å². The highest BCUT2D eigenvalue weighted by molar-refractivity contribution is 5.83. The minimum atomic E-state index is -0.869. The maximum Gasteiger partial charge on any atom is 0.222 e. The van der Waals surface area contributed by atoms with Crippen LogP contribution in [0.15, 0.2) is 55.1 Å². The lowest BCUT2D eigenvalue weighted by Gasteiger charge is -2.32. The number of piperidine rings is 1. The maximum atomic E-state index is 13.8. The van der Waals surface area contributed by atoms with Crippen molar-refractivity contribution in [2.24, 2.45) is 5.92 Å². The molecule has 0 saturated carbocycles. The van der Waals surface area contributed by atoms with Gasteiger partial charge in [0, 0.05) is 49.4 Å². The Balaban J connectivity index is 1.16. The lowest BCUT2D eigenvalue weighted by molar-refractivity contribution is -0.132. The molecule has 4 heterocycles. The number of hydrogen-bond acceptors (Lipinski definition) is 3. The Morgan fingerprint density at radius 3 is 2.79 bits per heavy atom. The summed E-state index contributed by atoms with van der Waals surface area (Å²) in [5.41, 5.74) is 3.20. The topological polar surface area (TPSA) is 66.8 Å². The predicted octanol–water partition coefficient (Wildman–Crippen LogP) is 4.58. The minimum Gasteiger partial charge on any atom is -0.346 e. The first kappa shape index (κ1) is 21.3. The molecule has 0 radical (unpaired) electrons. The second kappa shape index (κ2) is 9.13. The summed E-state index contributed by atoms with van der Waals surface area (Å²) in [4.78, 5) is 19.0. The van der Waals surface area contributed by atoms with Gasteiger partial charge in [0.05, 0.1) is 23.6 Å². The lowest BCUT2D eigenvalue weighted by atomic mass is 9.96. The normalized spacial score (nSPS) is 14.8. The standard InChI is InChI=1S/C25H25F2N5O/c26-21-3-1-2-18(25(21)27)4-5-24(33)31-9-6-17(7-10-31)16-32-11-8-19-12-22(28-15-23(19)32)20-13-29-30-14-20/h1-3,8,11-15,17H,4-7,9-10,16H2,(H,29,30). The summed E-state index contributed by atoms with van der Waals surface area (Å²) >= 11 is 0. The number of benzene rings is 1. The molecule has 5 rings (SSSR count). The van der Waals surface area contributed by atoms with Crippen LogP contribution in [0.4, 0.5) is 8.78 Å². The Bertz CT molecular complexity index is 1260. The number of carbonyl (C=O) groups excluding carboxylic acids is 1. The SMILES string of the molecule is O=C(CCc1cccc(F)c1F)N1CCC(Cn2ccc3cc(-c4cn[nH]c4)ncc32)CC1. The Hall–Kier alpha value is -3.55. The number of hydrogen-bond donors (Lipinski definition) is 1. The van der Waals surface area contributed by atoms with E-state index < -0.39 is 11.6 Å². The van der Waals surface area contributed by atoms with Crippen molar-refractivity contribution >= 4 is 16.8 Å². The molecule has 1 aliphatic heterocycles. The highest BCUT2D eigenvalue weighted by Gasteiger charge is 2.23. The van der Waals surface area contributed by atoms with Crippen molar-refractivity contribution in [1.82, 2.24) is 24.6 Å². The third kappa shape index (κ3) is 4.51. The average molecular weight is 450 g/mol. The van der Waals surface area contributed by atoms with Gasteiger partial charge in [-0.2, -0.15) is 5.10 Å². The third-order valence-corrected chi connectivity index (χ3v) is 6.51. The number of aromatic nitrogens is 4. The van der Waals surface area contributed by atoms with Crippen molar-refractivity contribution in [1.29, 1.82) is 0 Å². The van der Waals surface area contributed by atoms with Gasteiger partial charge in [-0.05, 0) is 48.9 Å². The van der Waals surface area contributed by atoms with Gasteiger partial charge in [-0.15, -0.1) is 0 Å². The number of nitrogens with one attached hydrogen (secondary N) is 1. The zero-order valence-corrected chi connectivity index (χ0v) is 18.2. The summed E-state index contributed by atoms with van der Waals surface area (Å²) < 4.78 is 29.4. The number of rotatable bonds is 6. The van der Waals surface area contributed by atoms with Gasteiger partial charge in [0.25, 0.3) is 0 Å². The van der Waals surface area contributed by atoms with Crippen LogP contribution in [0.1, 0.15) is 24.8 Å². The third-order valence-electron chi connectivity index (χ3n) is 6.51. The molecule has 1 amide bonds. The monoisotopic (exact) mass is 449 g/mol. The first-order chi connectivity index (χ1) is 16.1. The zero-order valence-electron chi connectivity index (χ0n) is 18.2. The van der Waals surface area contributed by atoms with Crippen LogP contribution in [0, 0.1) is 17.6 Å². The summed E-state index contributed by atoms with van der Waals surface area (Å²) in [5.74, 6) is -1.25. The quantitative estimate of drug-likeness (QED) is 0.469. The van der Waals surface area contributed by atoms with E-state index in [1.807, 2.05) is 17.3 Å². The summed E-state index contributed by atoms with van der Waals surface area (Å²) in [5, 5.41) is 7.93. The Labute approximate surface area is 190 Å². The van der Waals surface area contributed by atoms with Gasteiger partial charge in [0.1, 0.15) is 0 Å². The number of amides is 1. The number of fused-ring (bicyclic) bond motifs is 1. The van der Waals surface area contributed by atoms with Crippen LogP contribution in [-0.2, 0) is 17.8 Å². The largest absolute Gasteiger partial charge is 0.346 e. The molecule has 1 N–H and O–H groups in total. The predicted molar refractivity (Wildman–Crippen MR) is 121 cm³/mol. The van der Waals surface area contributed by atoms with Crippen molar-refractivity contribution in [3.05, 3.63) is 72.3 Å². The number of likely N-dealkylation sites (tertiary alicyclic amines) is 1. The Morgan fingerprint density at radius 2 is 2.00 bits per heavy atom. The van der Waals surface area contributed by atoms with E-state index in [1.165, 1.54) is 12.1 Å². The van der Waals surface area contributed by atoms with Crippen LogP contribution < -0.4 is 0 Å². The number of halogens is 2. The smallest absolute Gasteiger partial charge is 0.222 e. The highest BCUT2D eigenvalue weighted by atomic mass is 19.2. The summed E-state index contributed by atoms with van der Waals surface area (Å²) in [6.45, 7) is 2.27. The zero-order chi connectivity index (χ0) is 22.8. The molecular formula is C25H25F2N5O. The van der Waals surface area contributed by atoms with Crippen LogP contribution in [-0.4, -0.2) is 43.6 Å². The fraction of sp³-hybridized carbons (Fsp3) is 0.320. The Morgan fingerprint density at radius 1 is 1.15 bits per heavy atom. The fourth-order valence-corrected chi connectivity index (χ4v) is 4.58. The molecule has 0 unspecified atom stereocenters. The summed E-state index contributed by atoms with van der Waals surface area (Å²) in [6.07, 6.45) is 9.83. The molecule has 1 aromatic carbocycles. The van der Waals surface area contributed by atoms with Crippen molar-refractivity contribution in [2.75, 3.05) is 13.1 Å². The van der Waals surface area contributed by atoms with E-state index in [0.29, 0.717) is 19.0 Å². The van der Waals surface area contributed by atoms with Crippen molar-refractivity contribution in [3.8, 4) is 11.3 Å². The van der Waals surface area contributed by atoms with Crippen LogP contribution >= 0.6 is 0 Å². The van der Waals surface area contributed by atoms with Gasteiger partial charge in [0.2, 0.25) is 5.91 Å². The van der Waals surface area contributed by atoms with Gasteiger partial charge in [-0.1, -0.05) is 12.1 Å². The number of aryl methyl sites for hydroxylation is 1. The molecular weight excluding hydrogens is 424 g/mol. The van der Waals surface area contributed by atoms with Gasteiger partial charge >= 0.3 is 0 Å². The molecule has 1 aliphatic rings. The molecule has 4 aromatic rings. The van der Waals surface area contributed by atoms with E-state index in [-0.39, 0.29) is 24.3 Å². The lowest BCUT2D eigenvalue weighted by Crippen LogP contribution is -2.39.